The average Bonchev–Trinajstić information content (AvgIpc) is 2.33. The molecule has 0 saturated carbocycles. The first-order valence-electron chi connectivity index (χ1n) is 5.99. The minimum absolute atomic E-state index is 0.301. The van der Waals surface area contributed by atoms with Gasteiger partial charge in [-0.3, -0.25) is 0 Å². The number of nitrogens with two attached hydrogens (primary N) is 1. The molecule has 1 aliphatic rings. The van der Waals surface area contributed by atoms with Crippen LogP contribution in [0.4, 0.5) is 5.82 Å². The van der Waals surface area contributed by atoms with Crippen molar-refractivity contribution in [1.29, 1.82) is 0 Å². The lowest BCUT2D eigenvalue weighted by Crippen LogP contribution is -2.46. The van der Waals surface area contributed by atoms with Gasteiger partial charge in [0.25, 0.3) is 0 Å². The number of hydrogen-bond acceptors (Lipinski definition) is 5. The number of ether oxygens (including phenoxy) is 1. The second kappa shape index (κ2) is 4.87. The van der Waals surface area contributed by atoms with Gasteiger partial charge in [0.05, 0.1) is 12.7 Å². The van der Waals surface area contributed by atoms with Crippen LogP contribution in [0.2, 0.25) is 0 Å². The van der Waals surface area contributed by atoms with Crippen LogP contribution in [0.25, 0.3) is 0 Å². The fourth-order valence-electron chi connectivity index (χ4n) is 2.31. The molecule has 1 aromatic rings. The van der Waals surface area contributed by atoms with E-state index >= 15 is 0 Å². The van der Waals surface area contributed by atoms with Crippen molar-refractivity contribution in [3.63, 3.8) is 0 Å². The van der Waals surface area contributed by atoms with Crippen molar-refractivity contribution in [2.75, 3.05) is 25.1 Å². The summed E-state index contributed by atoms with van der Waals surface area (Å²) in [6, 6.07) is 0.301. The van der Waals surface area contributed by atoms with Gasteiger partial charge in [0.1, 0.15) is 12.1 Å². The molecule has 5 heteroatoms. The second-order valence-electron chi connectivity index (χ2n) is 4.71. The lowest BCUT2D eigenvalue weighted by atomic mass is 9.94. The Morgan fingerprint density at radius 3 is 2.88 bits per heavy atom. The number of nitrogens with zero attached hydrogens (tertiary/aromatic N) is 3. The SMILES string of the molecule is COc1ncnc(N2CCC(N)C(C)C2)c1C. The van der Waals surface area contributed by atoms with Crippen molar-refractivity contribution in [3.8, 4) is 5.88 Å². The third-order valence-corrected chi connectivity index (χ3v) is 3.48. The van der Waals surface area contributed by atoms with Crippen LogP contribution in [0.15, 0.2) is 6.33 Å². The lowest BCUT2D eigenvalue weighted by molar-refractivity contribution is 0.376. The molecule has 0 spiro atoms. The molecule has 0 amide bonds. The lowest BCUT2D eigenvalue weighted by Gasteiger charge is -2.36. The molecule has 1 aliphatic heterocycles. The van der Waals surface area contributed by atoms with Crippen molar-refractivity contribution in [2.45, 2.75) is 26.3 Å². The van der Waals surface area contributed by atoms with Crippen LogP contribution in [-0.4, -0.2) is 36.2 Å². The first kappa shape index (κ1) is 12.1. The van der Waals surface area contributed by atoms with E-state index in [1.807, 2.05) is 6.92 Å². The molecule has 0 radical (unpaired) electrons. The third-order valence-electron chi connectivity index (χ3n) is 3.48. The summed E-state index contributed by atoms with van der Waals surface area (Å²) in [5.41, 5.74) is 7.03. The molecule has 2 heterocycles. The van der Waals surface area contributed by atoms with Gasteiger partial charge in [-0.15, -0.1) is 0 Å². The molecule has 1 fully saturated rings. The molecule has 94 valence electrons. The minimum Gasteiger partial charge on any atom is -0.481 e. The standard InChI is InChI=1S/C12H20N4O/c1-8-6-16(5-4-10(8)13)11-9(2)12(17-3)15-7-14-11/h7-8,10H,4-6,13H2,1-3H3. The summed E-state index contributed by atoms with van der Waals surface area (Å²) in [7, 11) is 1.63. The van der Waals surface area contributed by atoms with E-state index < -0.39 is 0 Å². The minimum atomic E-state index is 0.301. The molecule has 1 saturated heterocycles. The normalized spacial score (nSPS) is 24.8. The number of aromatic nitrogens is 2. The molecule has 0 aliphatic carbocycles. The van der Waals surface area contributed by atoms with E-state index in [0.29, 0.717) is 17.8 Å². The number of rotatable bonds is 2. The molecule has 2 N–H and O–H groups in total. The molecule has 1 aromatic heterocycles. The zero-order valence-corrected chi connectivity index (χ0v) is 10.7. The van der Waals surface area contributed by atoms with Gasteiger partial charge in [0.2, 0.25) is 5.88 Å². The molecule has 2 rings (SSSR count). The Bertz CT molecular complexity index is 396. The largest absolute Gasteiger partial charge is 0.481 e. The summed E-state index contributed by atoms with van der Waals surface area (Å²) in [5, 5.41) is 0. The molecule has 17 heavy (non-hydrogen) atoms. The van der Waals surface area contributed by atoms with E-state index in [4.69, 9.17) is 10.5 Å². The van der Waals surface area contributed by atoms with E-state index in [1.54, 1.807) is 13.4 Å². The highest BCUT2D eigenvalue weighted by Crippen LogP contribution is 2.27. The van der Waals surface area contributed by atoms with Crippen molar-refractivity contribution in [3.05, 3.63) is 11.9 Å². The number of piperidine rings is 1. The Morgan fingerprint density at radius 2 is 2.24 bits per heavy atom. The zero-order valence-electron chi connectivity index (χ0n) is 10.7. The van der Waals surface area contributed by atoms with Crippen LogP contribution in [0.5, 0.6) is 5.88 Å². The summed E-state index contributed by atoms with van der Waals surface area (Å²) >= 11 is 0. The monoisotopic (exact) mass is 236 g/mol. The summed E-state index contributed by atoms with van der Waals surface area (Å²) in [4.78, 5) is 10.7. The predicted molar refractivity (Wildman–Crippen MR) is 67.3 cm³/mol. The molecule has 2 unspecified atom stereocenters. The van der Waals surface area contributed by atoms with Gasteiger partial charge in [-0.05, 0) is 19.3 Å². The summed E-state index contributed by atoms with van der Waals surface area (Å²) in [6.07, 6.45) is 2.56. The van der Waals surface area contributed by atoms with Crippen LogP contribution in [0.3, 0.4) is 0 Å². The predicted octanol–water partition coefficient (Wildman–Crippen LogP) is 0.967. The highest BCUT2D eigenvalue weighted by molar-refractivity contribution is 5.50. The molecule has 5 nitrogen and oxygen atoms in total. The van der Waals surface area contributed by atoms with Crippen LogP contribution in [0.1, 0.15) is 18.9 Å². The maximum absolute atomic E-state index is 6.03. The Morgan fingerprint density at radius 1 is 1.47 bits per heavy atom. The van der Waals surface area contributed by atoms with Crippen molar-refractivity contribution >= 4 is 5.82 Å². The van der Waals surface area contributed by atoms with Crippen molar-refractivity contribution < 1.29 is 4.74 Å². The molecule has 2 atom stereocenters. The van der Waals surface area contributed by atoms with Crippen molar-refractivity contribution in [2.24, 2.45) is 11.7 Å². The third kappa shape index (κ3) is 2.34. The molecule has 0 bridgehead atoms. The van der Waals surface area contributed by atoms with E-state index in [-0.39, 0.29) is 0 Å². The highest BCUT2D eigenvalue weighted by atomic mass is 16.5. The van der Waals surface area contributed by atoms with Gasteiger partial charge in [0.15, 0.2) is 0 Å². The summed E-state index contributed by atoms with van der Waals surface area (Å²) in [5.74, 6) is 2.11. The van der Waals surface area contributed by atoms with Gasteiger partial charge in [-0.1, -0.05) is 6.92 Å². The van der Waals surface area contributed by atoms with Gasteiger partial charge < -0.3 is 15.4 Å². The smallest absolute Gasteiger partial charge is 0.221 e. The topological polar surface area (TPSA) is 64.3 Å². The Hall–Kier alpha value is -1.36. The van der Waals surface area contributed by atoms with E-state index in [2.05, 4.69) is 21.8 Å². The number of anilines is 1. The number of methoxy groups -OCH3 is 1. The average molecular weight is 236 g/mol. The summed E-state index contributed by atoms with van der Waals surface area (Å²) in [6.45, 7) is 6.08. The van der Waals surface area contributed by atoms with Crippen LogP contribution < -0.4 is 15.4 Å². The Labute approximate surface area is 102 Å². The fourth-order valence-corrected chi connectivity index (χ4v) is 2.31. The summed E-state index contributed by atoms with van der Waals surface area (Å²) < 4.78 is 5.22. The van der Waals surface area contributed by atoms with Crippen LogP contribution >= 0.6 is 0 Å². The fraction of sp³-hybridized carbons (Fsp3) is 0.667. The number of hydrogen-bond donors (Lipinski definition) is 1. The van der Waals surface area contributed by atoms with E-state index in [0.717, 1.165) is 30.9 Å². The molecular formula is C12H20N4O. The Kier molecular flexibility index (Phi) is 3.47. The highest BCUT2D eigenvalue weighted by Gasteiger charge is 2.25. The quantitative estimate of drug-likeness (QED) is 0.829. The van der Waals surface area contributed by atoms with Gasteiger partial charge in [-0.25, -0.2) is 9.97 Å². The van der Waals surface area contributed by atoms with E-state index in [9.17, 15) is 0 Å². The van der Waals surface area contributed by atoms with E-state index in [1.165, 1.54) is 0 Å². The second-order valence-corrected chi connectivity index (χ2v) is 4.71. The van der Waals surface area contributed by atoms with Gasteiger partial charge >= 0.3 is 0 Å². The molecular weight excluding hydrogens is 216 g/mol. The maximum atomic E-state index is 6.03. The van der Waals surface area contributed by atoms with Crippen LogP contribution in [-0.2, 0) is 0 Å². The zero-order chi connectivity index (χ0) is 12.4. The van der Waals surface area contributed by atoms with Gasteiger partial charge in [0, 0.05) is 19.1 Å². The van der Waals surface area contributed by atoms with Crippen LogP contribution in [0, 0.1) is 12.8 Å². The van der Waals surface area contributed by atoms with Gasteiger partial charge in [-0.2, -0.15) is 0 Å². The van der Waals surface area contributed by atoms with Crippen molar-refractivity contribution in [1.82, 2.24) is 9.97 Å². The maximum Gasteiger partial charge on any atom is 0.221 e. The first-order valence-corrected chi connectivity index (χ1v) is 5.99. The Balaban J connectivity index is 2.23. The molecule has 0 aromatic carbocycles. The first-order chi connectivity index (χ1) is 8.13.